The molecule has 4 N–H and O–H groups in total. The zero-order valence-corrected chi connectivity index (χ0v) is 65.6. The van der Waals surface area contributed by atoms with Crippen LogP contribution < -0.4 is 0 Å². The molecular formula is C83H146O16P2. The summed E-state index contributed by atoms with van der Waals surface area (Å²) in [5.74, 6) is -1.57. The Morgan fingerprint density at radius 3 is 0.851 bits per heavy atom. The van der Waals surface area contributed by atoms with E-state index in [1.807, 2.05) is 0 Å². The summed E-state index contributed by atoms with van der Waals surface area (Å²) in [5, 5.41) is 20.6. The van der Waals surface area contributed by atoms with Crippen LogP contribution in [0.3, 0.4) is 0 Å². The highest BCUT2D eigenvalue weighted by Gasteiger charge is 2.29. The Labute approximate surface area is 615 Å². The standard InChI is InChI=1S/C83H146O16P2/c1-4-7-10-13-16-19-22-24-26-28-30-32-34-36-37-38-39-41-43-44-46-48-50-52-55-57-60-63-66-69-81(86)93-72-78(84)73-95-100(89,90)96-74-79(85)75-97-101(91,92)98-77-80(99-83(88)71-68-65-62-59-54-21-18-15-12-9-6-3)76-94-82(87)70-67-64-61-58-56-53-51-49-47-45-42-40-35-33-31-29-27-25-23-20-17-14-11-8-5-2/h8,11,16-17,19-20,24-27,30-33,36-37,40,42,78-80,84-85H,4-7,9-10,12-15,18,21-23,28-29,34-35,38-39,41,43-77H2,1-3H3,(H,89,90)(H,91,92)/b11-8-,19-16-,20-17-,26-24-,27-25-,32-30-,33-31-,37-36-,42-40-. The second-order valence-electron chi connectivity index (χ2n) is 26.8. The lowest BCUT2D eigenvalue weighted by molar-refractivity contribution is -0.161. The van der Waals surface area contributed by atoms with E-state index in [2.05, 4.69) is 130 Å². The van der Waals surface area contributed by atoms with Crippen molar-refractivity contribution in [2.45, 2.75) is 360 Å². The number of carbonyl (C=O) groups excluding carboxylic acids is 3. The summed E-state index contributed by atoms with van der Waals surface area (Å²) in [4.78, 5) is 58.6. The predicted molar refractivity (Wildman–Crippen MR) is 417 cm³/mol. The minimum atomic E-state index is -4.93. The molecule has 5 atom stereocenters. The minimum absolute atomic E-state index is 0.105. The fourth-order valence-corrected chi connectivity index (χ4v) is 12.5. The van der Waals surface area contributed by atoms with Crippen molar-refractivity contribution >= 4 is 33.6 Å². The number of phosphoric acid groups is 2. The Hall–Kier alpha value is -3.79. The first-order valence-electron chi connectivity index (χ1n) is 40.2. The van der Waals surface area contributed by atoms with Crippen molar-refractivity contribution in [1.82, 2.24) is 0 Å². The average molecular weight is 1460 g/mol. The van der Waals surface area contributed by atoms with Crippen molar-refractivity contribution in [3.63, 3.8) is 0 Å². The maximum absolute atomic E-state index is 12.9. The van der Waals surface area contributed by atoms with E-state index in [1.54, 1.807) is 0 Å². The first-order chi connectivity index (χ1) is 49.2. The summed E-state index contributed by atoms with van der Waals surface area (Å²) in [7, 11) is -9.78. The van der Waals surface area contributed by atoms with E-state index >= 15 is 0 Å². The van der Waals surface area contributed by atoms with E-state index in [-0.39, 0.29) is 19.3 Å². The number of phosphoric ester groups is 2. The Kier molecular flexibility index (Phi) is 73.0. The maximum Gasteiger partial charge on any atom is 0.472 e. The van der Waals surface area contributed by atoms with Crippen LogP contribution in [-0.4, -0.2) is 95.9 Å². The zero-order chi connectivity index (χ0) is 73.7. The fourth-order valence-electron chi connectivity index (χ4n) is 10.9. The van der Waals surface area contributed by atoms with E-state index in [1.165, 1.54) is 148 Å². The quantitative estimate of drug-likeness (QED) is 0.0146. The largest absolute Gasteiger partial charge is 0.472 e. The summed E-state index contributed by atoms with van der Waals surface area (Å²) in [6, 6.07) is 0. The van der Waals surface area contributed by atoms with Crippen molar-refractivity contribution in [3.05, 3.63) is 109 Å². The molecule has 0 radical (unpaired) electrons. The summed E-state index contributed by atoms with van der Waals surface area (Å²) >= 11 is 0. The highest BCUT2D eigenvalue weighted by atomic mass is 31.2. The normalized spacial score (nSPS) is 14.6. The smallest absolute Gasteiger partial charge is 0.463 e. The monoisotopic (exact) mass is 1460 g/mol. The number of esters is 3. The Balaban J connectivity index is 4.43. The molecule has 18 heteroatoms. The van der Waals surface area contributed by atoms with Gasteiger partial charge in [0.2, 0.25) is 0 Å². The van der Waals surface area contributed by atoms with Crippen LogP contribution in [0.25, 0.3) is 0 Å². The summed E-state index contributed by atoms with van der Waals surface area (Å²) in [6.07, 6.45) is 88.6. The third-order valence-electron chi connectivity index (χ3n) is 17.0. The number of aliphatic hydroxyl groups excluding tert-OH is 2. The van der Waals surface area contributed by atoms with Gasteiger partial charge in [-0.05, 0) is 109 Å². The zero-order valence-electron chi connectivity index (χ0n) is 63.8. The molecule has 0 aliphatic heterocycles. The molecule has 0 fully saturated rings. The van der Waals surface area contributed by atoms with Crippen LogP contribution >= 0.6 is 15.6 Å². The van der Waals surface area contributed by atoms with Gasteiger partial charge in [-0.3, -0.25) is 32.5 Å². The number of unbranched alkanes of at least 4 members (excludes halogenated alkanes) is 35. The molecule has 101 heavy (non-hydrogen) atoms. The van der Waals surface area contributed by atoms with Crippen LogP contribution in [0.2, 0.25) is 0 Å². The number of allylic oxidation sites excluding steroid dienone is 18. The molecule has 0 bridgehead atoms. The van der Waals surface area contributed by atoms with Gasteiger partial charge in [0.25, 0.3) is 0 Å². The lowest BCUT2D eigenvalue weighted by atomic mass is 10.0. The molecule has 0 amide bonds. The molecule has 0 aliphatic rings. The van der Waals surface area contributed by atoms with Gasteiger partial charge in [0.15, 0.2) is 6.10 Å². The molecular weight excluding hydrogens is 1310 g/mol. The van der Waals surface area contributed by atoms with Gasteiger partial charge in [0.1, 0.15) is 25.4 Å². The van der Waals surface area contributed by atoms with Crippen LogP contribution in [0.5, 0.6) is 0 Å². The van der Waals surface area contributed by atoms with Gasteiger partial charge >= 0.3 is 33.6 Å². The van der Waals surface area contributed by atoms with Gasteiger partial charge in [0.05, 0.1) is 26.4 Å². The van der Waals surface area contributed by atoms with Crippen LogP contribution in [-0.2, 0) is 55.8 Å². The van der Waals surface area contributed by atoms with E-state index in [0.29, 0.717) is 19.3 Å². The minimum Gasteiger partial charge on any atom is -0.463 e. The maximum atomic E-state index is 12.9. The van der Waals surface area contributed by atoms with E-state index < -0.39 is 91.5 Å². The van der Waals surface area contributed by atoms with E-state index in [9.17, 15) is 43.5 Å². The van der Waals surface area contributed by atoms with Gasteiger partial charge in [-0.25, -0.2) is 9.13 Å². The molecule has 0 heterocycles. The number of aliphatic hydroxyl groups is 2. The molecule has 16 nitrogen and oxygen atoms in total. The molecule has 0 saturated carbocycles. The predicted octanol–water partition coefficient (Wildman–Crippen LogP) is 23.5. The van der Waals surface area contributed by atoms with Crippen molar-refractivity contribution < 1.29 is 75.8 Å². The van der Waals surface area contributed by atoms with Crippen LogP contribution in [0, 0.1) is 0 Å². The molecule has 0 aliphatic carbocycles. The van der Waals surface area contributed by atoms with Gasteiger partial charge in [-0.2, -0.15) is 0 Å². The number of carbonyl (C=O) groups is 3. The summed E-state index contributed by atoms with van der Waals surface area (Å²) in [6.45, 7) is 2.55. The molecule has 0 aromatic heterocycles. The van der Waals surface area contributed by atoms with Crippen LogP contribution in [0.4, 0.5) is 0 Å². The summed E-state index contributed by atoms with van der Waals surface area (Å²) < 4.78 is 61.1. The van der Waals surface area contributed by atoms with Gasteiger partial charge < -0.3 is 34.2 Å². The number of hydrogen-bond donors (Lipinski definition) is 4. The van der Waals surface area contributed by atoms with E-state index in [0.717, 1.165) is 135 Å². The van der Waals surface area contributed by atoms with Crippen molar-refractivity contribution in [2.24, 2.45) is 0 Å². The number of hydrogen-bond acceptors (Lipinski definition) is 14. The van der Waals surface area contributed by atoms with Crippen molar-refractivity contribution in [3.8, 4) is 0 Å². The molecule has 0 aromatic carbocycles. The second-order valence-corrected chi connectivity index (χ2v) is 29.8. The summed E-state index contributed by atoms with van der Waals surface area (Å²) in [5.41, 5.74) is 0. The van der Waals surface area contributed by atoms with Gasteiger partial charge in [-0.1, -0.05) is 323 Å². The average Bonchev–Trinajstić information content (AvgIpc) is 0.950. The van der Waals surface area contributed by atoms with Crippen molar-refractivity contribution in [2.75, 3.05) is 39.6 Å². The number of rotatable bonds is 76. The second kappa shape index (κ2) is 75.9. The Bertz CT molecular complexity index is 2270. The lowest BCUT2D eigenvalue weighted by Crippen LogP contribution is -2.30. The molecule has 5 unspecified atom stereocenters. The molecule has 0 spiro atoms. The first-order valence-corrected chi connectivity index (χ1v) is 43.2. The van der Waals surface area contributed by atoms with Crippen LogP contribution in [0.1, 0.15) is 342 Å². The lowest BCUT2D eigenvalue weighted by Gasteiger charge is -2.21. The highest BCUT2D eigenvalue weighted by molar-refractivity contribution is 7.47. The third-order valence-corrected chi connectivity index (χ3v) is 18.9. The van der Waals surface area contributed by atoms with Gasteiger partial charge in [-0.15, -0.1) is 0 Å². The first kappa shape index (κ1) is 97.2. The topological polar surface area (TPSA) is 231 Å². The van der Waals surface area contributed by atoms with Crippen molar-refractivity contribution in [1.29, 1.82) is 0 Å². The van der Waals surface area contributed by atoms with Crippen LogP contribution in [0.15, 0.2) is 109 Å². The molecule has 584 valence electrons. The SMILES string of the molecule is CC/C=C\C/C=C\C/C=C\C/C=C\C/C=C\CCCCCCCCCCCC(=O)OCC(COP(=O)(O)OCC(O)COP(=O)(O)OCC(O)COC(=O)CCCCCCCCCCCCCCC/C=C\C/C=C\C/C=C\C/C=C\CCCCC)OC(=O)CCCCCCCCCCCCC. The Morgan fingerprint density at radius 1 is 0.287 bits per heavy atom. The molecule has 0 aromatic rings. The fraction of sp³-hybridized carbons (Fsp3) is 0.747. The highest BCUT2D eigenvalue weighted by Crippen LogP contribution is 2.45. The molecule has 0 rings (SSSR count). The van der Waals surface area contributed by atoms with Gasteiger partial charge in [0, 0.05) is 19.3 Å². The third kappa shape index (κ3) is 77.1. The number of ether oxygens (including phenoxy) is 3. The van der Waals surface area contributed by atoms with E-state index in [4.69, 9.17) is 32.3 Å². The Morgan fingerprint density at radius 2 is 0.525 bits per heavy atom. The molecule has 0 saturated heterocycles.